The summed E-state index contributed by atoms with van der Waals surface area (Å²) in [6, 6.07) is 2.53. The Bertz CT molecular complexity index is 2170. The maximum absolute atomic E-state index is 14.6. The van der Waals surface area contributed by atoms with Crippen LogP contribution in [0.2, 0.25) is 0 Å². The van der Waals surface area contributed by atoms with Gasteiger partial charge < -0.3 is 57.3 Å². The quantitative estimate of drug-likeness (QED) is 0.277. The molecule has 2 aliphatic carbocycles. The van der Waals surface area contributed by atoms with E-state index < -0.39 is 137 Å². The molecule has 21 nitrogen and oxygen atoms in total. The van der Waals surface area contributed by atoms with Crippen LogP contribution in [0.4, 0.5) is 0 Å². The van der Waals surface area contributed by atoms with Crippen LogP contribution in [-0.2, 0) is 71.4 Å². The van der Waals surface area contributed by atoms with Crippen LogP contribution in [0.25, 0.3) is 0 Å². The van der Waals surface area contributed by atoms with Gasteiger partial charge in [0.2, 0.25) is 0 Å². The zero-order chi connectivity index (χ0) is 45.9. The predicted octanol–water partition coefficient (Wildman–Crippen LogP) is 1.04. The fraction of sp³-hybridized carbons (Fsp3) is 0.585. The largest absolute Gasteiger partial charge is 0.472 e. The Labute approximate surface area is 353 Å². The third-order valence-electron chi connectivity index (χ3n) is 12.3. The van der Waals surface area contributed by atoms with Crippen LogP contribution in [0, 0.1) is 11.3 Å². The van der Waals surface area contributed by atoms with Crippen LogP contribution in [0.5, 0.6) is 0 Å². The molecule has 0 amide bonds. The molecule has 0 unspecified atom stereocenters. The van der Waals surface area contributed by atoms with Gasteiger partial charge in [-0.25, -0.2) is 14.4 Å². The number of fused-ring (bicyclic) bond motifs is 5. The van der Waals surface area contributed by atoms with E-state index in [1.165, 1.54) is 32.2 Å². The summed E-state index contributed by atoms with van der Waals surface area (Å²) < 4.78 is 59.7. The van der Waals surface area contributed by atoms with Crippen LogP contribution < -0.4 is 0 Å². The lowest BCUT2D eigenvalue weighted by atomic mass is 9.45. The fourth-order valence-corrected chi connectivity index (χ4v) is 9.67. The number of rotatable bonds is 8. The van der Waals surface area contributed by atoms with Crippen LogP contribution in [0.15, 0.2) is 41.5 Å². The van der Waals surface area contributed by atoms with Crippen molar-refractivity contribution < 1.29 is 95.6 Å². The number of furan rings is 1. The third-order valence-corrected chi connectivity index (χ3v) is 12.3. The number of hydrogen-bond donors (Lipinski definition) is 2. The van der Waals surface area contributed by atoms with Crippen LogP contribution in [-0.4, -0.2) is 135 Å². The molecule has 336 valence electrons. The normalized spacial score (nSPS) is 37.3. The van der Waals surface area contributed by atoms with Crippen molar-refractivity contribution >= 4 is 47.8 Å². The van der Waals surface area contributed by atoms with Crippen molar-refractivity contribution in [3.63, 3.8) is 0 Å². The maximum atomic E-state index is 14.6. The zero-order valence-electron chi connectivity index (χ0n) is 35.2. The number of ether oxygens (including phenoxy) is 9. The Morgan fingerprint density at radius 2 is 1.40 bits per heavy atom. The van der Waals surface area contributed by atoms with Crippen LogP contribution >= 0.6 is 0 Å². The molecule has 2 N–H and O–H groups in total. The molecular weight excluding hydrogens is 826 g/mol. The predicted molar refractivity (Wildman–Crippen MR) is 199 cm³/mol. The summed E-state index contributed by atoms with van der Waals surface area (Å²) in [7, 11) is 0. The average molecular weight is 874 g/mol. The minimum absolute atomic E-state index is 0.0405. The van der Waals surface area contributed by atoms with Gasteiger partial charge in [0.05, 0.1) is 23.3 Å². The minimum Gasteiger partial charge on any atom is -0.472 e. The highest BCUT2D eigenvalue weighted by Crippen LogP contribution is 2.70. The van der Waals surface area contributed by atoms with Gasteiger partial charge in [0.1, 0.15) is 48.3 Å². The van der Waals surface area contributed by atoms with Gasteiger partial charge in [0.15, 0.2) is 35.6 Å². The first-order valence-corrected chi connectivity index (χ1v) is 19.4. The number of nitrogens with zero attached hydrogens (tertiary/aromatic N) is 1. The number of hydrogen-bond acceptors (Lipinski definition) is 21. The minimum atomic E-state index is -3.01. The molecule has 21 heteroatoms. The number of cyclic esters (lactones) is 1. The molecule has 4 bridgehead atoms. The monoisotopic (exact) mass is 873 g/mol. The number of esters is 8. The molecule has 1 saturated heterocycles. The Kier molecular flexibility index (Phi) is 11.8. The van der Waals surface area contributed by atoms with E-state index in [4.69, 9.17) is 47.0 Å². The number of carbonyl (C=O) groups is 8. The van der Waals surface area contributed by atoms with E-state index in [0.29, 0.717) is 0 Å². The highest BCUT2D eigenvalue weighted by atomic mass is 16.7. The standard InChI is InChI=1S/C41H47NO20/c1-18-25-10-12-42-14-26(25)35(49)55-16-37(7)27-28(56-20(3)44)32(58-22(5)46)40(17-54-19(2)43)33(59-23(6)47)29(60-34(48)24-11-13-53-15-24)31(61-36(50)38(18,8)51)39(9,52)41(40,62-37)30(27)57-21(4)45/h10-15,18,27-33,51-52H,16-17H2,1-9H3/t18-,27-,28+,29-,30+,31-,32+,33-,37-,38-,39-,40+,41-/m0/s1. The number of aromatic nitrogens is 1. The molecule has 0 radical (unpaired) electrons. The fourth-order valence-electron chi connectivity index (χ4n) is 9.67. The number of carbonyl (C=O) groups excluding carboxylic acids is 8. The van der Waals surface area contributed by atoms with Gasteiger partial charge in [-0.05, 0) is 38.5 Å². The highest BCUT2D eigenvalue weighted by Gasteiger charge is 2.92. The molecule has 62 heavy (non-hydrogen) atoms. The van der Waals surface area contributed by atoms with Gasteiger partial charge in [0.25, 0.3) is 0 Å². The van der Waals surface area contributed by atoms with E-state index in [0.717, 1.165) is 67.2 Å². The number of aliphatic hydroxyl groups is 2. The van der Waals surface area contributed by atoms with E-state index in [1.807, 2.05) is 0 Å². The van der Waals surface area contributed by atoms with Crippen molar-refractivity contribution in [3.8, 4) is 0 Å². The first-order valence-electron chi connectivity index (χ1n) is 19.4. The average Bonchev–Trinajstić information content (AvgIpc) is 3.79. The summed E-state index contributed by atoms with van der Waals surface area (Å²) in [6.07, 6.45) is -8.39. The lowest BCUT2D eigenvalue weighted by Gasteiger charge is -2.67. The molecule has 0 aromatic carbocycles. The molecule has 2 aromatic heterocycles. The second-order valence-electron chi connectivity index (χ2n) is 16.4. The van der Waals surface area contributed by atoms with E-state index in [2.05, 4.69) is 4.98 Å². The Morgan fingerprint density at radius 3 is 1.97 bits per heavy atom. The lowest BCUT2D eigenvalue weighted by molar-refractivity contribution is -0.386. The van der Waals surface area contributed by atoms with Crippen LogP contribution in [0.1, 0.15) is 94.5 Å². The second-order valence-corrected chi connectivity index (χ2v) is 16.4. The second kappa shape index (κ2) is 16.1. The van der Waals surface area contributed by atoms with E-state index in [1.54, 1.807) is 0 Å². The molecule has 6 rings (SSSR count). The van der Waals surface area contributed by atoms with Gasteiger partial charge in [0, 0.05) is 52.9 Å². The van der Waals surface area contributed by atoms with Crippen molar-refractivity contribution in [2.24, 2.45) is 11.3 Å². The van der Waals surface area contributed by atoms with E-state index in [9.17, 15) is 48.6 Å². The Morgan fingerprint density at radius 1 is 0.806 bits per heavy atom. The molecule has 1 spiro atoms. The molecule has 4 aliphatic rings. The van der Waals surface area contributed by atoms with Crippen molar-refractivity contribution in [1.29, 1.82) is 0 Å². The molecular formula is C41H47NO20. The zero-order valence-corrected chi connectivity index (χ0v) is 35.2. The molecule has 3 fully saturated rings. The summed E-state index contributed by atoms with van der Waals surface area (Å²) in [5, 5.41) is 25.7. The van der Waals surface area contributed by atoms with E-state index in [-0.39, 0.29) is 16.7 Å². The Hall–Kier alpha value is -5.93. The van der Waals surface area contributed by atoms with Crippen molar-refractivity contribution in [1.82, 2.24) is 4.98 Å². The lowest BCUT2D eigenvalue weighted by Crippen LogP contribution is -2.89. The molecule has 2 aliphatic heterocycles. The van der Waals surface area contributed by atoms with Gasteiger partial charge in [-0.2, -0.15) is 0 Å². The summed E-state index contributed by atoms with van der Waals surface area (Å²) >= 11 is 0. The summed E-state index contributed by atoms with van der Waals surface area (Å²) in [5.74, 6) is -12.1. The van der Waals surface area contributed by atoms with E-state index >= 15 is 0 Å². The SMILES string of the molecule is CC(=O)OC[C@]12[C@H](OC(C)=O)[C@H](OC(C)=O)[C@H]3[C@@H](OC(C)=O)[C@@]14O[C@@]3(C)COC(=O)c1cnccc1[C@H](C)[C@](C)(O)C(=O)O[C@@H]([C@H](OC(=O)c1ccoc1)[C@@H]2OC(C)=O)[C@]4(C)O. The smallest absolute Gasteiger partial charge is 0.341 e. The highest BCUT2D eigenvalue weighted by molar-refractivity contribution is 5.92. The van der Waals surface area contributed by atoms with Gasteiger partial charge in [-0.15, -0.1) is 0 Å². The van der Waals surface area contributed by atoms with Gasteiger partial charge in [-0.1, -0.05) is 6.92 Å². The summed E-state index contributed by atoms with van der Waals surface area (Å²) in [6.45, 7) is 7.57. The van der Waals surface area contributed by atoms with Crippen molar-refractivity contribution in [2.75, 3.05) is 13.2 Å². The van der Waals surface area contributed by atoms with Crippen LogP contribution in [0.3, 0.4) is 0 Å². The molecule has 2 aromatic rings. The molecule has 13 atom stereocenters. The third kappa shape index (κ3) is 7.14. The topological polar surface area (TPSA) is 286 Å². The molecule has 2 saturated carbocycles. The maximum Gasteiger partial charge on any atom is 0.341 e. The first kappa shape index (κ1) is 45.6. The van der Waals surface area contributed by atoms with Gasteiger partial charge in [-0.3, -0.25) is 29.0 Å². The summed E-state index contributed by atoms with van der Waals surface area (Å²) in [4.78, 5) is 113. The van der Waals surface area contributed by atoms with Gasteiger partial charge >= 0.3 is 47.8 Å². The Balaban J connectivity index is 1.81. The first-order chi connectivity index (χ1) is 28.9. The molecule has 4 heterocycles. The van der Waals surface area contributed by atoms with Crippen molar-refractivity contribution in [3.05, 3.63) is 53.7 Å². The van der Waals surface area contributed by atoms with Crippen molar-refractivity contribution in [2.45, 2.75) is 127 Å². The number of pyridine rings is 1. The summed E-state index contributed by atoms with van der Waals surface area (Å²) in [5.41, 5.74) is -13.8.